The van der Waals surface area contributed by atoms with Crippen molar-refractivity contribution in [3.8, 4) is 23.4 Å². The third-order valence-electron chi connectivity index (χ3n) is 2.69. The van der Waals surface area contributed by atoms with Crippen molar-refractivity contribution in [1.29, 1.82) is 0 Å². The van der Waals surface area contributed by atoms with Crippen molar-refractivity contribution in [3.05, 3.63) is 47.5 Å². The van der Waals surface area contributed by atoms with Crippen molar-refractivity contribution in [1.82, 2.24) is 9.97 Å². The summed E-state index contributed by atoms with van der Waals surface area (Å²) >= 11 is -0.295. The molecule has 2 rings (SSSR count). The topological polar surface area (TPSA) is 53.5 Å². The van der Waals surface area contributed by atoms with E-state index in [2.05, 4.69) is 14.7 Å². The molecule has 0 aliphatic rings. The first-order chi connectivity index (χ1) is 12.7. The fraction of sp³-hybridized carbons (Fsp3) is 0.250. The highest BCUT2D eigenvalue weighted by atomic mass is 32.2. The predicted molar refractivity (Wildman–Crippen MR) is 88.2 cm³/mol. The molecule has 0 radical (unpaired) electrons. The molecule has 146 valence electrons. The maximum atomic E-state index is 12.2. The Morgan fingerprint density at radius 1 is 1.15 bits per heavy atom. The maximum absolute atomic E-state index is 12.2. The molecule has 0 aliphatic heterocycles. The van der Waals surface area contributed by atoms with E-state index in [0.29, 0.717) is 5.56 Å². The normalized spacial score (nSPS) is 11.8. The lowest BCUT2D eigenvalue weighted by molar-refractivity contribution is -0.0529. The minimum atomic E-state index is -4.35. The van der Waals surface area contributed by atoms with Crippen LogP contribution in [0.15, 0.2) is 41.9 Å². The van der Waals surface area contributed by atoms with E-state index in [-0.39, 0.29) is 41.8 Å². The summed E-state index contributed by atoms with van der Waals surface area (Å²) in [5, 5.41) is 0.870. The lowest BCUT2D eigenvalue weighted by atomic mass is 10.3. The summed E-state index contributed by atoms with van der Waals surface area (Å²) in [6.07, 6.45) is 2.42. The second-order valence-electron chi connectivity index (χ2n) is 4.88. The number of alkyl halides is 5. The van der Waals surface area contributed by atoms with Gasteiger partial charge in [0.15, 0.2) is 0 Å². The van der Waals surface area contributed by atoms with Gasteiger partial charge in [0, 0.05) is 24.4 Å². The molecule has 0 N–H and O–H groups in total. The highest BCUT2D eigenvalue weighted by Gasteiger charge is 2.26. The molecule has 0 bridgehead atoms. The van der Waals surface area contributed by atoms with E-state index in [0.717, 1.165) is 11.5 Å². The summed E-state index contributed by atoms with van der Waals surface area (Å²) in [4.78, 5) is 7.66. The molecule has 0 fully saturated rings. The van der Waals surface area contributed by atoms with Crippen LogP contribution in [0.25, 0.3) is 0 Å². The van der Waals surface area contributed by atoms with Crippen molar-refractivity contribution < 1.29 is 36.2 Å². The van der Waals surface area contributed by atoms with Crippen LogP contribution >= 0.6 is 11.8 Å². The van der Waals surface area contributed by atoms with E-state index in [1.807, 2.05) is 0 Å². The van der Waals surface area contributed by atoms with Crippen LogP contribution in [-0.4, -0.2) is 28.7 Å². The molecule has 0 aromatic carbocycles. The Labute approximate surface area is 155 Å². The number of nitrogens with zero attached hydrogens (tertiary/aromatic N) is 2. The molecule has 0 saturated carbocycles. The summed E-state index contributed by atoms with van der Waals surface area (Å²) in [7, 11) is 0. The molecule has 27 heavy (non-hydrogen) atoms. The van der Waals surface area contributed by atoms with Gasteiger partial charge in [0.1, 0.15) is 12.4 Å². The van der Waals surface area contributed by atoms with Crippen LogP contribution in [0, 0.1) is 6.92 Å². The first-order valence-corrected chi connectivity index (χ1v) is 8.19. The van der Waals surface area contributed by atoms with Gasteiger partial charge in [0.2, 0.25) is 17.6 Å². The molecule has 0 unspecified atom stereocenters. The highest BCUT2D eigenvalue weighted by Crippen LogP contribution is 2.31. The third kappa shape index (κ3) is 8.11. The molecule has 0 spiro atoms. The first kappa shape index (κ1) is 20.7. The van der Waals surface area contributed by atoms with Crippen LogP contribution in [0.4, 0.5) is 22.0 Å². The van der Waals surface area contributed by atoms with Crippen molar-refractivity contribution >= 4 is 11.8 Å². The zero-order chi connectivity index (χ0) is 19.9. The molecule has 2 heterocycles. The van der Waals surface area contributed by atoms with Crippen LogP contribution in [-0.2, 0) is 0 Å². The number of hydrogen-bond donors (Lipinski definition) is 0. The second-order valence-corrected chi connectivity index (χ2v) is 5.85. The molecule has 2 aromatic rings. The standard InChI is InChI=1S/C16H13F5N2O3S/c1-10-7-13(24-5-2-6-27-16(19,20)21)23-14(8-10)25-11-3-4-22-12(9-11)26-15(17)18/h2-4,6-9,15H,5H2,1H3/b6-2+. The van der Waals surface area contributed by atoms with Crippen molar-refractivity contribution in [2.45, 2.75) is 19.0 Å². The zero-order valence-electron chi connectivity index (χ0n) is 13.7. The average Bonchev–Trinajstić information content (AvgIpc) is 2.52. The molecule has 0 amide bonds. The fourth-order valence-corrected chi connectivity index (χ4v) is 2.09. The molecular weight excluding hydrogens is 395 g/mol. The molecule has 5 nitrogen and oxygen atoms in total. The highest BCUT2D eigenvalue weighted by molar-refractivity contribution is 8.02. The Morgan fingerprint density at radius 3 is 2.59 bits per heavy atom. The zero-order valence-corrected chi connectivity index (χ0v) is 14.6. The lowest BCUT2D eigenvalue weighted by Crippen LogP contribution is -2.03. The monoisotopic (exact) mass is 408 g/mol. The summed E-state index contributed by atoms with van der Waals surface area (Å²) in [6.45, 7) is -1.41. The van der Waals surface area contributed by atoms with E-state index in [4.69, 9.17) is 9.47 Å². The van der Waals surface area contributed by atoms with Gasteiger partial charge in [-0.25, -0.2) is 4.98 Å². The SMILES string of the molecule is Cc1cc(OC/C=C/SC(F)(F)F)nc(Oc2ccnc(OC(F)F)c2)c1. The van der Waals surface area contributed by atoms with Crippen molar-refractivity contribution in [2.75, 3.05) is 6.61 Å². The van der Waals surface area contributed by atoms with Crippen LogP contribution in [0.2, 0.25) is 0 Å². The van der Waals surface area contributed by atoms with Crippen LogP contribution in [0.5, 0.6) is 23.4 Å². The Kier molecular flexibility index (Phi) is 7.22. The van der Waals surface area contributed by atoms with Crippen molar-refractivity contribution in [2.24, 2.45) is 0 Å². The molecule has 0 saturated heterocycles. The van der Waals surface area contributed by atoms with Crippen LogP contribution in [0.3, 0.4) is 0 Å². The van der Waals surface area contributed by atoms with Gasteiger partial charge >= 0.3 is 12.1 Å². The average molecular weight is 408 g/mol. The summed E-state index contributed by atoms with van der Waals surface area (Å²) < 4.78 is 75.4. The number of rotatable bonds is 8. The van der Waals surface area contributed by atoms with E-state index >= 15 is 0 Å². The van der Waals surface area contributed by atoms with Gasteiger partial charge in [0.25, 0.3) is 0 Å². The van der Waals surface area contributed by atoms with E-state index in [1.54, 1.807) is 19.1 Å². The lowest BCUT2D eigenvalue weighted by Gasteiger charge is -2.09. The van der Waals surface area contributed by atoms with Gasteiger partial charge in [-0.05, 0) is 41.8 Å². The fourth-order valence-electron chi connectivity index (χ4n) is 1.76. The number of ether oxygens (including phenoxy) is 3. The molecular formula is C16H13F5N2O3S. The van der Waals surface area contributed by atoms with Gasteiger partial charge in [-0.1, -0.05) is 0 Å². The molecule has 0 atom stereocenters. The minimum absolute atomic E-state index is 0.104. The summed E-state index contributed by atoms with van der Waals surface area (Å²) in [5.41, 5.74) is -3.64. The first-order valence-electron chi connectivity index (χ1n) is 7.31. The summed E-state index contributed by atoms with van der Waals surface area (Å²) in [6, 6.07) is 5.71. The van der Waals surface area contributed by atoms with Gasteiger partial charge < -0.3 is 14.2 Å². The number of aromatic nitrogens is 2. The van der Waals surface area contributed by atoms with Gasteiger partial charge in [0.05, 0.1) is 0 Å². The third-order valence-corrected chi connectivity index (χ3v) is 3.28. The predicted octanol–water partition coefficient (Wildman–Crippen LogP) is 5.32. The second kappa shape index (κ2) is 9.40. The summed E-state index contributed by atoms with van der Waals surface area (Å²) in [5.74, 6) is 0.0720. The number of halogens is 5. The number of aryl methyl sites for hydroxylation is 1. The van der Waals surface area contributed by atoms with E-state index < -0.39 is 12.1 Å². The van der Waals surface area contributed by atoms with Gasteiger partial charge in [-0.2, -0.15) is 26.9 Å². The Bertz CT molecular complexity index is 787. The molecule has 11 heteroatoms. The van der Waals surface area contributed by atoms with Crippen molar-refractivity contribution in [3.63, 3.8) is 0 Å². The van der Waals surface area contributed by atoms with Gasteiger partial charge in [-0.15, -0.1) is 0 Å². The Balaban J connectivity index is 2.00. The quantitative estimate of drug-likeness (QED) is 0.551. The Morgan fingerprint density at radius 2 is 1.89 bits per heavy atom. The number of thioether (sulfide) groups is 1. The molecule has 0 aliphatic carbocycles. The smallest absolute Gasteiger partial charge is 0.445 e. The largest absolute Gasteiger partial charge is 0.473 e. The molecule has 2 aromatic heterocycles. The van der Waals surface area contributed by atoms with Crippen LogP contribution in [0.1, 0.15) is 5.56 Å². The minimum Gasteiger partial charge on any atom is -0.473 e. The van der Waals surface area contributed by atoms with Gasteiger partial charge in [-0.3, -0.25) is 0 Å². The number of hydrogen-bond acceptors (Lipinski definition) is 6. The van der Waals surface area contributed by atoms with Crippen LogP contribution < -0.4 is 14.2 Å². The maximum Gasteiger partial charge on any atom is 0.445 e. The van der Waals surface area contributed by atoms with E-state index in [9.17, 15) is 22.0 Å². The van der Waals surface area contributed by atoms with E-state index in [1.165, 1.54) is 18.3 Å². The number of pyridine rings is 2. The Hall–Kier alpha value is -2.56.